The number of carbonyl (C=O) groups is 1. The molecule has 0 spiro atoms. The number of hydrogen-bond acceptors (Lipinski definition) is 5. The summed E-state index contributed by atoms with van der Waals surface area (Å²) in [6.45, 7) is 1.88. The molecule has 0 radical (unpaired) electrons. The minimum Gasteiger partial charge on any atom is -0.476 e. The fourth-order valence-electron chi connectivity index (χ4n) is 1.79. The van der Waals surface area contributed by atoms with Crippen molar-refractivity contribution in [1.29, 1.82) is 0 Å². The van der Waals surface area contributed by atoms with Crippen LogP contribution in [0.15, 0.2) is 24.3 Å². The molecule has 0 unspecified atom stereocenters. The number of rotatable bonds is 5. The number of benzene rings is 1. The number of thiazole rings is 1. The normalized spacial score (nSPS) is 10.4. The van der Waals surface area contributed by atoms with Crippen LogP contribution >= 0.6 is 11.3 Å². The molecular formula is C13H12N2O4S. The van der Waals surface area contributed by atoms with Crippen molar-refractivity contribution in [3.8, 4) is 0 Å². The molecule has 0 aliphatic carbocycles. The van der Waals surface area contributed by atoms with Crippen molar-refractivity contribution in [3.05, 3.63) is 55.5 Å². The van der Waals surface area contributed by atoms with Crippen LogP contribution in [0.1, 0.15) is 32.9 Å². The summed E-state index contributed by atoms with van der Waals surface area (Å²) in [4.78, 5) is 26.0. The van der Waals surface area contributed by atoms with Crippen molar-refractivity contribution in [2.24, 2.45) is 0 Å². The molecule has 0 fully saturated rings. The van der Waals surface area contributed by atoms with Crippen LogP contribution in [0.2, 0.25) is 0 Å². The lowest BCUT2D eigenvalue weighted by Crippen LogP contribution is -2.00. The highest BCUT2D eigenvalue weighted by atomic mass is 32.1. The van der Waals surface area contributed by atoms with Gasteiger partial charge in [0.25, 0.3) is 5.69 Å². The van der Waals surface area contributed by atoms with Crippen LogP contribution in [0.25, 0.3) is 0 Å². The first-order valence-corrected chi connectivity index (χ1v) is 6.78. The number of aryl methyl sites for hydroxylation is 1. The Morgan fingerprint density at radius 3 is 2.50 bits per heavy atom. The van der Waals surface area contributed by atoms with Gasteiger partial charge in [-0.1, -0.05) is 19.1 Å². The molecule has 1 N–H and O–H groups in total. The SMILES string of the molecule is CCc1sc(Cc2ccc([N+](=O)[O-])cc2)nc1C(=O)O. The quantitative estimate of drug-likeness (QED) is 0.675. The van der Waals surface area contributed by atoms with E-state index in [-0.39, 0.29) is 11.4 Å². The fourth-order valence-corrected chi connectivity index (χ4v) is 2.83. The lowest BCUT2D eigenvalue weighted by molar-refractivity contribution is -0.384. The summed E-state index contributed by atoms with van der Waals surface area (Å²) in [7, 11) is 0. The van der Waals surface area contributed by atoms with Gasteiger partial charge in [0.15, 0.2) is 5.69 Å². The maximum Gasteiger partial charge on any atom is 0.355 e. The molecule has 1 heterocycles. The van der Waals surface area contributed by atoms with Gasteiger partial charge in [-0.25, -0.2) is 9.78 Å². The standard InChI is InChI=1S/C13H12N2O4S/c1-2-10-12(13(16)17)14-11(20-10)7-8-3-5-9(6-4-8)15(18)19/h3-6H,2,7H2,1H3,(H,16,17). The number of carboxylic acids is 1. The Morgan fingerprint density at radius 1 is 1.40 bits per heavy atom. The summed E-state index contributed by atoms with van der Waals surface area (Å²) in [5.41, 5.74) is 1.01. The van der Waals surface area contributed by atoms with Gasteiger partial charge in [0, 0.05) is 23.4 Å². The maximum atomic E-state index is 11.0. The van der Waals surface area contributed by atoms with Crippen molar-refractivity contribution in [1.82, 2.24) is 4.98 Å². The molecule has 0 aliphatic rings. The average Bonchev–Trinajstić information content (AvgIpc) is 2.82. The third-order valence-corrected chi connectivity index (χ3v) is 3.97. The van der Waals surface area contributed by atoms with Crippen molar-refractivity contribution in [3.63, 3.8) is 0 Å². The molecule has 6 nitrogen and oxygen atoms in total. The van der Waals surface area contributed by atoms with Gasteiger partial charge in [-0.05, 0) is 12.0 Å². The Hall–Kier alpha value is -2.28. The topological polar surface area (TPSA) is 93.3 Å². The van der Waals surface area contributed by atoms with Crippen molar-refractivity contribution in [2.45, 2.75) is 19.8 Å². The predicted molar refractivity (Wildman–Crippen MR) is 74.4 cm³/mol. The Morgan fingerprint density at radius 2 is 2.05 bits per heavy atom. The molecule has 2 rings (SSSR count). The van der Waals surface area contributed by atoms with E-state index in [0.29, 0.717) is 17.8 Å². The highest BCUT2D eigenvalue weighted by Gasteiger charge is 2.16. The minimum absolute atomic E-state index is 0.0355. The summed E-state index contributed by atoms with van der Waals surface area (Å²) in [5.74, 6) is -1.02. The van der Waals surface area contributed by atoms with Crippen LogP contribution in [-0.2, 0) is 12.8 Å². The second-order valence-corrected chi connectivity index (χ2v) is 5.31. The molecule has 0 saturated carbocycles. The zero-order chi connectivity index (χ0) is 14.7. The highest BCUT2D eigenvalue weighted by Crippen LogP contribution is 2.22. The van der Waals surface area contributed by atoms with Crippen LogP contribution in [-0.4, -0.2) is 21.0 Å². The van der Waals surface area contributed by atoms with E-state index in [1.54, 1.807) is 12.1 Å². The van der Waals surface area contributed by atoms with E-state index in [1.165, 1.54) is 23.5 Å². The number of nitro groups is 1. The molecule has 0 bridgehead atoms. The zero-order valence-corrected chi connectivity index (χ0v) is 11.5. The molecule has 1 aromatic carbocycles. The lowest BCUT2D eigenvalue weighted by Gasteiger charge is -1.97. The van der Waals surface area contributed by atoms with E-state index >= 15 is 0 Å². The number of hydrogen-bond donors (Lipinski definition) is 1. The van der Waals surface area contributed by atoms with Crippen LogP contribution in [0, 0.1) is 10.1 Å². The van der Waals surface area contributed by atoms with Crippen LogP contribution in [0.5, 0.6) is 0 Å². The summed E-state index contributed by atoms with van der Waals surface area (Å²) >= 11 is 1.37. The molecule has 0 atom stereocenters. The third kappa shape index (κ3) is 3.00. The highest BCUT2D eigenvalue weighted by molar-refractivity contribution is 7.11. The first-order valence-electron chi connectivity index (χ1n) is 5.96. The first-order chi connectivity index (χ1) is 9.51. The minimum atomic E-state index is -1.02. The second-order valence-electron chi connectivity index (χ2n) is 4.14. The molecule has 1 aromatic heterocycles. The van der Waals surface area contributed by atoms with Crippen LogP contribution < -0.4 is 0 Å². The smallest absolute Gasteiger partial charge is 0.355 e. The number of aromatic carboxylic acids is 1. The predicted octanol–water partition coefficient (Wildman–Crippen LogP) is 2.90. The van der Waals surface area contributed by atoms with E-state index in [9.17, 15) is 14.9 Å². The number of nitrogens with zero attached hydrogens (tertiary/aromatic N) is 2. The van der Waals surface area contributed by atoms with E-state index in [4.69, 9.17) is 5.11 Å². The van der Waals surface area contributed by atoms with Crippen LogP contribution in [0.3, 0.4) is 0 Å². The summed E-state index contributed by atoms with van der Waals surface area (Å²) in [6, 6.07) is 6.18. The molecule has 7 heteroatoms. The van der Waals surface area contributed by atoms with Gasteiger partial charge < -0.3 is 5.11 Å². The monoisotopic (exact) mass is 292 g/mol. The van der Waals surface area contributed by atoms with E-state index in [2.05, 4.69) is 4.98 Å². The Kier molecular flexibility index (Phi) is 4.09. The molecule has 104 valence electrons. The number of aromatic nitrogens is 1. The summed E-state index contributed by atoms with van der Waals surface area (Å²) in [5, 5.41) is 20.3. The van der Waals surface area contributed by atoms with E-state index < -0.39 is 10.9 Å². The van der Waals surface area contributed by atoms with Gasteiger partial charge in [0.05, 0.1) is 9.93 Å². The van der Waals surface area contributed by atoms with Gasteiger partial charge in [-0.2, -0.15) is 0 Å². The first kappa shape index (κ1) is 14.1. The van der Waals surface area contributed by atoms with Crippen LogP contribution in [0.4, 0.5) is 5.69 Å². The van der Waals surface area contributed by atoms with Crippen molar-refractivity contribution >= 4 is 23.0 Å². The molecule has 2 aromatic rings. The van der Waals surface area contributed by atoms with E-state index in [0.717, 1.165) is 10.4 Å². The van der Waals surface area contributed by atoms with Gasteiger partial charge in [-0.15, -0.1) is 11.3 Å². The lowest BCUT2D eigenvalue weighted by atomic mass is 10.1. The Labute approximate surface area is 118 Å². The Balaban J connectivity index is 2.21. The van der Waals surface area contributed by atoms with E-state index in [1.807, 2.05) is 6.92 Å². The molecule has 0 aliphatic heterocycles. The number of carboxylic acid groups (broad SMARTS) is 1. The fraction of sp³-hybridized carbons (Fsp3) is 0.231. The molecule has 0 saturated heterocycles. The average molecular weight is 292 g/mol. The molecule has 0 amide bonds. The third-order valence-electron chi connectivity index (χ3n) is 2.77. The van der Waals surface area contributed by atoms with Gasteiger partial charge in [0.1, 0.15) is 0 Å². The van der Waals surface area contributed by atoms with Gasteiger partial charge in [-0.3, -0.25) is 10.1 Å². The Bertz CT molecular complexity index is 649. The van der Waals surface area contributed by atoms with Gasteiger partial charge in [0.2, 0.25) is 0 Å². The number of non-ortho nitro benzene ring substituents is 1. The number of nitro benzene ring substituents is 1. The summed E-state index contributed by atoms with van der Waals surface area (Å²) in [6.07, 6.45) is 1.10. The largest absolute Gasteiger partial charge is 0.476 e. The molecular weight excluding hydrogens is 280 g/mol. The maximum absolute atomic E-state index is 11.0. The summed E-state index contributed by atoms with van der Waals surface area (Å²) < 4.78 is 0. The zero-order valence-electron chi connectivity index (χ0n) is 10.7. The van der Waals surface area contributed by atoms with Crippen molar-refractivity contribution < 1.29 is 14.8 Å². The van der Waals surface area contributed by atoms with Gasteiger partial charge >= 0.3 is 5.97 Å². The van der Waals surface area contributed by atoms with Crippen molar-refractivity contribution in [2.75, 3.05) is 0 Å². The molecule has 20 heavy (non-hydrogen) atoms. The second kappa shape index (κ2) is 5.79.